The SMILES string of the molecule is COCCN(CCO)c1ccc2nccnc2n1. The number of aliphatic hydroxyl groups excluding tert-OH is 1. The van der Waals surface area contributed by atoms with E-state index in [4.69, 9.17) is 9.84 Å². The summed E-state index contributed by atoms with van der Waals surface area (Å²) in [7, 11) is 1.65. The molecular formula is C12H16N4O2. The van der Waals surface area contributed by atoms with Crippen molar-refractivity contribution >= 4 is 17.0 Å². The predicted molar refractivity (Wildman–Crippen MR) is 68.5 cm³/mol. The van der Waals surface area contributed by atoms with Crippen molar-refractivity contribution in [3.05, 3.63) is 24.5 Å². The van der Waals surface area contributed by atoms with Crippen LogP contribution in [-0.4, -0.2) is 53.5 Å². The van der Waals surface area contributed by atoms with E-state index in [2.05, 4.69) is 15.0 Å². The van der Waals surface area contributed by atoms with E-state index in [1.165, 1.54) is 0 Å². The molecule has 0 saturated heterocycles. The van der Waals surface area contributed by atoms with Crippen LogP contribution in [0.1, 0.15) is 0 Å². The number of hydrogen-bond donors (Lipinski definition) is 1. The summed E-state index contributed by atoms with van der Waals surface area (Å²) < 4.78 is 5.05. The Labute approximate surface area is 105 Å². The van der Waals surface area contributed by atoms with Gasteiger partial charge in [-0.1, -0.05) is 0 Å². The third-order valence-corrected chi connectivity index (χ3v) is 2.58. The maximum absolute atomic E-state index is 9.07. The normalized spacial score (nSPS) is 10.8. The van der Waals surface area contributed by atoms with Gasteiger partial charge in [0.25, 0.3) is 0 Å². The average Bonchev–Trinajstić information content (AvgIpc) is 2.43. The summed E-state index contributed by atoms with van der Waals surface area (Å²) in [5, 5.41) is 9.07. The molecule has 0 aromatic carbocycles. The molecule has 0 aliphatic rings. The smallest absolute Gasteiger partial charge is 0.180 e. The molecule has 2 aromatic rings. The van der Waals surface area contributed by atoms with E-state index < -0.39 is 0 Å². The van der Waals surface area contributed by atoms with Crippen molar-refractivity contribution in [3.63, 3.8) is 0 Å². The lowest BCUT2D eigenvalue weighted by Crippen LogP contribution is -2.30. The van der Waals surface area contributed by atoms with Gasteiger partial charge in [0.15, 0.2) is 5.65 Å². The van der Waals surface area contributed by atoms with Crippen molar-refractivity contribution in [3.8, 4) is 0 Å². The van der Waals surface area contributed by atoms with E-state index in [9.17, 15) is 0 Å². The van der Waals surface area contributed by atoms with Crippen LogP contribution in [0.5, 0.6) is 0 Å². The van der Waals surface area contributed by atoms with Crippen LogP contribution in [0, 0.1) is 0 Å². The lowest BCUT2D eigenvalue weighted by molar-refractivity contribution is 0.202. The molecular weight excluding hydrogens is 232 g/mol. The first-order valence-electron chi connectivity index (χ1n) is 5.77. The Hall–Kier alpha value is -1.79. The third-order valence-electron chi connectivity index (χ3n) is 2.58. The Morgan fingerprint density at radius 1 is 1.22 bits per heavy atom. The van der Waals surface area contributed by atoms with Crippen molar-refractivity contribution in [2.24, 2.45) is 0 Å². The highest BCUT2D eigenvalue weighted by Crippen LogP contribution is 2.14. The fourth-order valence-corrected chi connectivity index (χ4v) is 1.68. The van der Waals surface area contributed by atoms with Gasteiger partial charge in [-0.3, -0.25) is 4.98 Å². The molecule has 0 saturated carbocycles. The minimum atomic E-state index is 0.0733. The second-order valence-electron chi connectivity index (χ2n) is 3.77. The van der Waals surface area contributed by atoms with Crippen molar-refractivity contribution in [2.45, 2.75) is 0 Å². The zero-order valence-corrected chi connectivity index (χ0v) is 10.3. The number of ether oxygens (including phenoxy) is 1. The highest BCUT2D eigenvalue weighted by Gasteiger charge is 2.08. The number of nitrogens with zero attached hydrogens (tertiary/aromatic N) is 4. The van der Waals surface area contributed by atoms with Gasteiger partial charge in [0.05, 0.1) is 13.2 Å². The number of hydrogen-bond acceptors (Lipinski definition) is 6. The Kier molecular flexibility index (Phi) is 4.38. The second-order valence-corrected chi connectivity index (χ2v) is 3.77. The van der Waals surface area contributed by atoms with Crippen LogP contribution in [0.25, 0.3) is 11.2 Å². The number of fused-ring (bicyclic) bond motifs is 1. The molecule has 1 N–H and O–H groups in total. The minimum Gasteiger partial charge on any atom is -0.395 e. The van der Waals surface area contributed by atoms with Crippen molar-refractivity contribution in [1.82, 2.24) is 15.0 Å². The van der Waals surface area contributed by atoms with Crippen molar-refractivity contribution < 1.29 is 9.84 Å². The van der Waals surface area contributed by atoms with Gasteiger partial charge in [-0.25, -0.2) is 9.97 Å². The van der Waals surface area contributed by atoms with Gasteiger partial charge in [0, 0.05) is 32.6 Å². The van der Waals surface area contributed by atoms with Crippen molar-refractivity contribution in [1.29, 1.82) is 0 Å². The molecule has 0 bridgehead atoms. The fraction of sp³-hybridized carbons (Fsp3) is 0.417. The average molecular weight is 248 g/mol. The van der Waals surface area contributed by atoms with Gasteiger partial charge < -0.3 is 14.7 Å². The first-order chi connectivity index (χ1) is 8.85. The van der Waals surface area contributed by atoms with Gasteiger partial charge in [-0.2, -0.15) is 0 Å². The standard InChI is InChI=1S/C12H16N4O2/c1-18-9-7-16(6-8-17)11-3-2-10-12(15-11)14-5-4-13-10/h2-5,17H,6-9H2,1H3. The maximum atomic E-state index is 9.07. The molecule has 2 rings (SSSR count). The van der Waals surface area contributed by atoms with Crippen LogP contribution >= 0.6 is 0 Å². The predicted octanol–water partition coefficient (Wildman–Crippen LogP) is 0.470. The van der Waals surface area contributed by atoms with Crippen LogP contribution in [0.3, 0.4) is 0 Å². The highest BCUT2D eigenvalue weighted by atomic mass is 16.5. The highest BCUT2D eigenvalue weighted by molar-refractivity contribution is 5.71. The molecule has 2 heterocycles. The van der Waals surface area contributed by atoms with Crippen LogP contribution in [-0.2, 0) is 4.74 Å². The van der Waals surface area contributed by atoms with Gasteiger partial charge >= 0.3 is 0 Å². The maximum Gasteiger partial charge on any atom is 0.180 e. The molecule has 0 aliphatic carbocycles. The molecule has 96 valence electrons. The molecule has 6 heteroatoms. The minimum absolute atomic E-state index is 0.0733. The Bertz CT molecular complexity index is 506. The first-order valence-corrected chi connectivity index (χ1v) is 5.77. The zero-order chi connectivity index (χ0) is 12.8. The molecule has 0 amide bonds. The van der Waals surface area contributed by atoms with Gasteiger partial charge in [0.1, 0.15) is 11.3 Å². The van der Waals surface area contributed by atoms with E-state index in [1.807, 2.05) is 17.0 Å². The fourth-order valence-electron chi connectivity index (χ4n) is 1.68. The summed E-state index contributed by atoms with van der Waals surface area (Å²) in [5.74, 6) is 0.772. The molecule has 0 fully saturated rings. The molecule has 0 unspecified atom stereocenters. The molecule has 2 aromatic heterocycles. The molecule has 0 spiro atoms. The summed E-state index contributed by atoms with van der Waals surface area (Å²) >= 11 is 0. The number of anilines is 1. The van der Waals surface area contributed by atoms with Gasteiger partial charge in [0.2, 0.25) is 0 Å². The van der Waals surface area contributed by atoms with E-state index in [-0.39, 0.29) is 6.61 Å². The first kappa shape index (κ1) is 12.7. The quantitative estimate of drug-likeness (QED) is 0.801. The van der Waals surface area contributed by atoms with E-state index in [0.29, 0.717) is 25.3 Å². The Morgan fingerprint density at radius 3 is 2.83 bits per heavy atom. The van der Waals surface area contributed by atoms with E-state index in [1.54, 1.807) is 19.5 Å². The van der Waals surface area contributed by atoms with Crippen LogP contribution in [0.4, 0.5) is 5.82 Å². The molecule has 18 heavy (non-hydrogen) atoms. The summed E-state index contributed by atoms with van der Waals surface area (Å²) in [6.45, 7) is 1.85. The molecule has 0 aliphatic heterocycles. The second kappa shape index (κ2) is 6.23. The molecule has 0 radical (unpaired) electrons. The van der Waals surface area contributed by atoms with Crippen LogP contribution in [0.2, 0.25) is 0 Å². The summed E-state index contributed by atoms with van der Waals surface area (Å²) in [6, 6.07) is 3.75. The van der Waals surface area contributed by atoms with Crippen molar-refractivity contribution in [2.75, 3.05) is 38.3 Å². The Morgan fingerprint density at radius 2 is 2.06 bits per heavy atom. The van der Waals surface area contributed by atoms with Crippen LogP contribution < -0.4 is 4.90 Å². The van der Waals surface area contributed by atoms with Gasteiger partial charge in [-0.05, 0) is 12.1 Å². The zero-order valence-electron chi connectivity index (χ0n) is 10.3. The molecule has 6 nitrogen and oxygen atoms in total. The lowest BCUT2D eigenvalue weighted by Gasteiger charge is -2.22. The molecule has 0 atom stereocenters. The monoisotopic (exact) mass is 248 g/mol. The lowest BCUT2D eigenvalue weighted by atomic mass is 10.3. The number of aromatic nitrogens is 3. The van der Waals surface area contributed by atoms with E-state index in [0.717, 1.165) is 11.3 Å². The number of rotatable bonds is 6. The largest absolute Gasteiger partial charge is 0.395 e. The van der Waals surface area contributed by atoms with Gasteiger partial charge in [-0.15, -0.1) is 0 Å². The number of aliphatic hydroxyl groups is 1. The third kappa shape index (κ3) is 2.91. The topological polar surface area (TPSA) is 71.4 Å². The van der Waals surface area contributed by atoms with E-state index >= 15 is 0 Å². The Balaban J connectivity index is 2.25. The summed E-state index contributed by atoms with van der Waals surface area (Å²) in [5.41, 5.74) is 1.37. The number of pyridine rings is 1. The number of methoxy groups -OCH3 is 1. The van der Waals surface area contributed by atoms with Crippen LogP contribution in [0.15, 0.2) is 24.5 Å². The summed E-state index contributed by atoms with van der Waals surface area (Å²) in [6.07, 6.45) is 3.25. The summed E-state index contributed by atoms with van der Waals surface area (Å²) in [4.78, 5) is 14.7.